The van der Waals surface area contributed by atoms with E-state index >= 15 is 0 Å². The Morgan fingerprint density at radius 3 is 1.75 bits per heavy atom. The van der Waals surface area contributed by atoms with E-state index in [-0.39, 0.29) is 6.71 Å². The summed E-state index contributed by atoms with van der Waals surface area (Å²) in [6.07, 6.45) is 0. The van der Waals surface area contributed by atoms with Gasteiger partial charge in [0.1, 0.15) is 0 Å². The molecule has 4 heteroatoms. The number of hydrogen-bond acceptors (Lipinski definition) is 1. The maximum Gasteiger partial charge on any atom is 0.252 e. The van der Waals surface area contributed by atoms with Gasteiger partial charge in [0.05, 0.1) is 27.8 Å². The molecule has 2 aromatic heterocycles. The van der Waals surface area contributed by atoms with Gasteiger partial charge in [0.2, 0.25) is 0 Å². The number of hydrogen-bond donors (Lipinski definition) is 0. The van der Waals surface area contributed by atoms with Gasteiger partial charge in [-0.05, 0) is 97.9 Å². The molecule has 0 unspecified atom stereocenters. The third-order valence-corrected chi connectivity index (χ3v) is 13.0. The summed E-state index contributed by atoms with van der Waals surface area (Å²) < 4.78 is 5.12. The minimum absolute atomic E-state index is 0.0438. The molecular weight excluding hydrogens is 677 g/mol. The fourth-order valence-corrected chi connectivity index (χ4v) is 10.9. The Morgan fingerprint density at radius 2 is 0.964 bits per heavy atom. The van der Waals surface area contributed by atoms with Gasteiger partial charge in [0.25, 0.3) is 6.71 Å². The number of fused-ring (bicyclic) bond motifs is 11. The Labute approximate surface area is 323 Å². The van der Waals surface area contributed by atoms with Gasteiger partial charge in [-0.1, -0.05) is 133 Å². The van der Waals surface area contributed by atoms with Gasteiger partial charge in [-0.3, -0.25) is 0 Å². The largest absolute Gasteiger partial charge is 0.311 e. The van der Waals surface area contributed by atoms with Gasteiger partial charge in [0.15, 0.2) is 0 Å². The van der Waals surface area contributed by atoms with Crippen molar-refractivity contribution in [1.29, 1.82) is 0 Å². The molecule has 0 amide bonds. The highest BCUT2D eigenvalue weighted by Crippen LogP contribution is 2.51. The summed E-state index contributed by atoms with van der Waals surface area (Å²) >= 11 is 0. The molecule has 9 aromatic carbocycles. The highest BCUT2D eigenvalue weighted by molar-refractivity contribution is 7.00. The van der Waals surface area contributed by atoms with Crippen molar-refractivity contribution in [3.05, 3.63) is 182 Å². The molecule has 0 radical (unpaired) electrons. The average molecular weight is 708 g/mol. The molecule has 1 aliphatic carbocycles. The van der Waals surface area contributed by atoms with Gasteiger partial charge in [-0.25, -0.2) is 0 Å². The predicted molar refractivity (Wildman–Crippen MR) is 236 cm³/mol. The highest BCUT2D eigenvalue weighted by atomic mass is 15.2. The molecule has 0 spiro atoms. The molecule has 0 atom stereocenters. The Balaban J connectivity index is 1.23. The van der Waals surface area contributed by atoms with E-state index in [1.807, 2.05) is 0 Å². The van der Waals surface area contributed by atoms with Crippen LogP contribution in [0.5, 0.6) is 0 Å². The van der Waals surface area contributed by atoms with Crippen LogP contribution in [0.1, 0.15) is 0 Å². The lowest BCUT2D eigenvalue weighted by molar-refractivity contribution is 1.13. The molecule has 0 fully saturated rings. The number of benzene rings is 9. The summed E-state index contributed by atoms with van der Waals surface area (Å²) in [5, 5.41) is 7.89. The fourth-order valence-electron chi connectivity index (χ4n) is 10.9. The average Bonchev–Trinajstić information content (AvgIpc) is 3.75. The Kier molecular flexibility index (Phi) is 5.33. The van der Waals surface area contributed by atoms with Gasteiger partial charge < -0.3 is 14.0 Å². The number of para-hydroxylation sites is 4. The minimum atomic E-state index is 0.0438. The molecule has 56 heavy (non-hydrogen) atoms. The van der Waals surface area contributed by atoms with Crippen LogP contribution < -0.4 is 21.3 Å². The Hall–Kier alpha value is -7.30. The van der Waals surface area contributed by atoms with Crippen molar-refractivity contribution in [3.8, 4) is 33.6 Å². The molecule has 2 aliphatic heterocycles. The van der Waals surface area contributed by atoms with Crippen LogP contribution in [0.25, 0.3) is 88.0 Å². The standard InChI is InChI=1S/C52H30BN3/c1-2-15-32(16-3-1)54-44-26-11-8-23-40(44)53-41-28-31-14-12-21-38-34-17-4-5-18-35(34)39-22-13-27-45-49(39)50(48(31)38)52(41)56(45)47-30-33(29-46(54)51(47)53)55-42-24-9-6-19-36(42)37-20-7-10-25-43(37)55/h1-30H. The van der Waals surface area contributed by atoms with Crippen molar-refractivity contribution in [2.75, 3.05) is 4.90 Å². The van der Waals surface area contributed by atoms with E-state index in [1.165, 1.54) is 110 Å². The summed E-state index contributed by atoms with van der Waals surface area (Å²) in [5.74, 6) is 0. The van der Waals surface area contributed by atoms with Crippen LogP contribution in [0.4, 0.5) is 17.1 Å². The second kappa shape index (κ2) is 10.3. The molecule has 0 saturated carbocycles. The molecule has 0 N–H and O–H groups in total. The molecule has 3 nitrogen and oxygen atoms in total. The van der Waals surface area contributed by atoms with Crippen molar-refractivity contribution in [3.63, 3.8) is 0 Å². The number of aromatic nitrogens is 2. The normalized spacial score (nSPS) is 13.3. The lowest BCUT2D eigenvalue weighted by Crippen LogP contribution is -2.60. The molecule has 0 bridgehead atoms. The van der Waals surface area contributed by atoms with Crippen molar-refractivity contribution < 1.29 is 0 Å². The van der Waals surface area contributed by atoms with E-state index in [0.717, 1.165) is 11.4 Å². The predicted octanol–water partition coefficient (Wildman–Crippen LogP) is 11.3. The van der Waals surface area contributed by atoms with Crippen LogP contribution in [-0.4, -0.2) is 15.8 Å². The summed E-state index contributed by atoms with van der Waals surface area (Å²) in [6.45, 7) is 0.0438. The summed E-state index contributed by atoms with van der Waals surface area (Å²) in [6, 6.07) is 68.2. The van der Waals surface area contributed by atoms with Gasteiger partial charge in [0, 0.05) is 44.3 Å². The lowest BCUT2D eigenvalue weighted by atomic mass is 9.33. The topological polar surface area (TPSA) is 13.1 Å². The third-order valence-electron chi connectivity index (χ3n) is 13.0. The Morgan fingerprint density at radius 1 is 0.357 bits per heavy atom. The first-order valence-electron chi connectivity index (χ1n) is 19.6. The molecule has 3 aliphatic rings. The van der Waals surface area contributed by atoms with Crippen LogP contribution in [0, 0.1) is 0 Å². The monoisotopic (exact) mass is 707 g/mol. The van der Waals surface area contributed by atoms with E-state index in [9.17, 15) is 0 Å². The lowest BCUT2D eigenvalue weighted by Gasteiger charge is -2.40. The minimum Gasteiger partial charge on any atom is -0.311 e. The van der Waals surface area contributed by atoms with Crippen molar-refractivity contribution >= 4 is 94.5 Å². The van der Waals surface area contributed by atoms with E-state index < -0.39 is 0 Å². The van der Waals surface area contributed by atoms with Gasteiger partial charge in [-0.2, -0.15) is 0 Å². The molecule has 256 valence electrons. The third kappa shape index (κ3) is 3.43. The van der Waals surface area contributed by atoms with Crippen LogP contribution in [0.15, 0.2) is 182 Å². The number of nitrogens with zero attached hydrogens (tertiary/aromatic N) is 3. The summed E-state index contributed by atoms with van der Waals surface area (Å²) in [5.41, 5.74) is 20.3. The maximum atomic E-state index is 2.64. The molecule has 0 saturated heterocycles. The molecule has 4 heterocycles. The maximum absolute atomic E-state index is 2.64. The SMILES string of the molecule is c1ccc(N2c3ccccc3B3c4c2cc(-n2c5ccccc5c5ccccc52)cc4-n2c4cccc5c4c4c6c(cccc6cc3c42)-c2ccccc2-5)cc1. The molecule has 14 rings (SSSR count). The van der Waals surface area contributed by atoms with E-state index in [0.29, 0.717) is 0 Å². The molecule has 11 aromatic rings. The quantitative estimate of drug-likeness (QED) is 0.163. The second-order valence-electron chi connectivity index (χ2n) is 15.6. The number of anilines is 3. The smallest absolute Gasteiger partial charge is 0.252 e. The van der Waals surface area contributed by atoms with Crippen LogP contribution in [-0.2, 0) is 0 Å². The first kappa shape index (κ1) is 29.1. The van der Waals surface area contributed by atoms with Crippen molar-refractivity contribution in [2.24, 2.45) is 0 Å². The van der Waals surface area contributed by atoms with E-state index in [4.69, 9.17) is 0 Å². The molecular formula is C52H30BN3. The van der Waals surface area contributed by atoms with Gasteiger partial charge in [-0.15, -0.1) is 0 Å². The zero-order valence-corrected chi connectivity index (χ0v) is 30.2. The van der Waals surface area contributed by atoms with Crippen molar-refractivity contribution in [1.82, 2.24) is 9.13 Å². The van der Waals surface area contributed by atoms with E-state index in [2.05, 4.69) is 196 Å². The first-order valence-corrected chi connectivity index (χ1v) is 19.6. The zero-order chi connectivity index (χ0) is 36.2. The Bertz CT molecular complexity index is 3500. The van der Waals surface area contributed by atoms with Gasteiger partial charge >= 0.3 is 0 Å². The van der Waals surface area contributed by atoms with Crippen LogP contribution in [0.3, 0.4) is 0 Å². The van der Waals surface area contributed by atoms with Crippen LogP contribution >= 0.6 is 0 Å². The summed E-state index contributed by atoms with van der Waals surface area (Å²) in [7, 11) is 0. The summed E-state index contributed by atoms with van der Waals surface area (Å²) in [4.78, 5) is 2.51. The number of rotatable bonds is 2. The van der Waals surface area contributed by atoms with Crippen molar-refractivity contribution in [2.45, 2.75) is 0 Å². The van der Waals surface area contributed by atoms with E-state index in [1.54, 1.807) is 0 Å². The fraction of sp³-hybridized carbons (Fsp3) is 0. The van der Waals surface area contributed by atoms with Crippen LogP contribution in [0.2, 0.25) is 0 Å². The zero-order valence-electron chi connectivity index (χ0n) is 30.2. The highest BCUT2D eigenvalue weighted by Gasteiger charge is 2.43. The second-order valence-corrected chi connectivity index (χ2v) is 15.6. The first-order chi connectivity index (χ1) is 27.8.